The molecular weight excluding hydrogens is 352 g/mol. The lowest BCUT2D eigenvalue weighted by atomic mass is 9.78. The van der Waals surface area contributed by atoms with E-state index in [4.69, 9.17) is 4.74 Å². The molecule has 0 amide bonds. The fourth-order valence-electron chi connectivity index (χ4n) is 4.28. The summed E-state index contributed by atoms with van der Waals surface area (Å²) in [7, 11) is 0. The molecule has 1 heteroatoms. The fourth-order valence-corrected chi connectivity index (χ4v) is 4.28. The summed E-state index contributed by atoms with van der Waals surface area (Å²) in [5, 5.41) is 0. The first-order valence-corrected chi connectivity index (χ1v) is 11.7. The van der Waals surface area contributed by atoms with E-state index in [1.165, 1.54) is 67.2 Å². The van der Waals surface area contributed by atoms with Gasteiger partial charge >= 0.3 is 0 Å². The van der Waals surface area contributed by atoms with Crippen molar-refractivity contribution in [1.29, 1.82) is 0 Å². The van der Waals surface area contributed by atoms with E-state index in [-0.39, 0.29) is 0 Å². The number of benzene rings is 2. The first-order valence-electron chi connectivity index (χ1n) is 11.7. The summed E-state index contributed by atoms with van der Waals surface area (Å²) < 4.78 is 5.72. The molecule has 1 aliphatic carbocycles. The average molecular weight is 391 g/mol. The predicted octanol–water partition coefficient (Wildman–Crippen LogP) is 8.30. The molecule has 0 atom stereocenters. The van der Waals surface area contributed by atoms with Crippen molar-refractivity contribution in [3.05, 3.63) is 71.8 Å². The van der Waals surface area contributed by atoms with Crippen LogP contribution in [0.5, 0.6) is 0 Å². The van der Waals surface area contributed by atoms with Crippen LogP contribution in [0.4, 0.5) is 0 Å². The van der Waals surface area contributed by atoms with Gasteiger partial charge in [-0.1, -0.05) is 87.4 Å². The Morgan fingerprint density at radius 1 is 0.828 bits per heavy atom. The summed E-state index contributed by atoms with van der Waals surface area (Å²) in [5.41, 5.74) is 5.37. The minimum atomic E-state index is 0.718. The number of hydrogen-bond acceptors (Lipinski definition) is 1. The molecule has 1 nitrogen and oxygen atoms in total. The van der Waals surface area contributed by atoms with Gasteiger partial charge in [-0.05, 0) is 72.6 Å². The van der Waals surface area contributed by atoms with Gasteiger partial charge in [0.1, 0.15) is 0 Å². The van der Waals surface area contributed by atoms with E-state index >= 15 is 0 Å². The minimum Gasteiger partial charge on any atom is -0.377 e. The topological polar surface area (TPSA) is 9.23 Å². The second-order valence-corrected chi connectivity index (χ2v) is 8.55. The molecule has 0 aromatic heterocycles. The summed E-state index contributed by atoms with van der Waals surface area (Å²) in [6.45, 7) is 6.02. The Labute approximate surface area is 178 Å². The van der Waals surface area contributed by atoms with E-state index in [0.717, 1.165) is 31.5 Å². The summed E-state index contributed by atoms with van der Waals surface area (Å²) in [6.07, 6.45) is 15.0. The van der Waals surface area contributed by atoms with E-state index in [1.807, 2.05) is 0 Å². The Morgan fingerprint density at radius 2 is 1.48 bits per heavy atom. The van der Waals surface area contributed by atoms with Crippen LogP contribution >= 0.6 is 0 Å². The molecule has 0 heterocycles. The van der Waals surface area contributed by atoms with Crippen molar-refractivity contribution in [3.8, 4) is 11.1 Å². The Balaban J connectivity index is 1.51. The summed E-state index contributed by atoms with van der Waals surface area (Å²) >= 11 is 0. The zero-order valence-electron chi connectivity index (χ0n) is 18.4. The molecule has 2 aromatic carbocycles. The highest BCUT2D eigenvalue weighted by Gasteiger charge is 2.20. The first-order chi connectivity index (χ1) is 14.3. The molecule has 1 aliphatic rings. The van der Waals surface area contributed by atoms with Crippen LogP contribution < -0.4 is 0 Å². The van der Waals surface area contributed by atoms with Gasteiger partial charge < -0.3 is 4.74 Å². The smallest absolute Gasteiger partial charge is 0.0716 e. The molecule has 156 valence electrons. The third kappa shape index (κ3) is 6.85. The van der Waals surface area contributed by atoms with Gasteiger partial charge in [0, 0.05) is 6.61 Å². The van der Waals surface area contributed by atoms with Gasteiger partial charge in [0.15, 0.2) is 0 Å². The van der Waals surface area contributed by atoms with Crippen molar-refractivity contribution in [2.75, 3.05) is 6.61 Å². The van der Waals surface area contributed by atoms with Crippen LogP contribution in [0.1, 0.15) is 82.3 Å². The number of rotatable bonds is 10. The molecule has 2 aromatic rings. The van der Waals surface area contributed by atoms with Crippen LogP contribution in [-0.4, -0.2) is 6.61 Å². The Kier molecular flexibility index (Phi) is 9.02. The van der Waals surface area contributed by atoms with E-state index < -0.39 is 0 Å². The van der Waals surface area contributed by atoms with E-state index in [0.29, 0.717) is 0 Å². The SMILES string of the molecule is CCCC=CC1CCC(c2ccc(-c3ccc(COCCCC)cc3)cc2)CC1. The van der Waals surface area contributed by atoms with E-state index in [2.05, 4.69) is 74.5 Å². The predicted molar refractivity (Wildman–Crippen MR) is 125 cm³/mol. The van der Waals surface area contributed by atoms with E-state index in [1.54, 1.807) is 0 Å². The van der Waals surface area contributed by atoms with Crippen LogP contribution in [0.3, 0.4) is 0 Å². The molecule has 0 N–H and O–H groups in total. The second-order valence-electron chi connectivity index (χ2n) is 8.55. The molecule has 0 saturated heterocycles. The van der Waals surface area contributed by atoms with Gasteiger partial charge in [0.05, 0.1) is 6.61 Å². The highest BCUT2D eigenvalue weighted by molar-refractivity contribution is 5.64. The fraction of sp³-hybridized carbons (Fsp3) is 0.500. The monoisotopic (exact) mass is 390 g/mol. The normalized spacial score (nSPS) is 19.7. The largest absolute Gasteiger partial charge is 0.377 e. The molecule has 0 spiro atoms. The van der Waals surface area contributed by atoms with Gasteiger partial charge in [-0.25, -0.2) is 0 Å². The van der Waals surface area contributed by atoms with Gasteiger partial charge in [-0.3, -0.25) is 0 Å². The Hall–Kier alpha value is -1.86. The van der Waals surface area contributed by atoms with Crippen LogP contribution in [0.25, 0.3) is 11.1 Å². The number of allylic oxidation sites excluding steroid dienone is 2. The summed E-state index contributed by atoms with van der Waals surface area (Å²) in [6, 6.07) is 18.2. The zero-order valence-corrected chi connectivity index (χ0v) is 18.4. The van der Waals surface area contributed by atoms with Crippen molar-refractivity contribution >= 4 is 0 Å². The van der Waals surface area contributed by atoms with Crippen LogP contribution in [0.2, 0.25) is 0 Å². The maximum absolute atomic E-state index is 5.72. The van der Waals surface area contributed by atoms with Crippen LogP contribution in [0.15, 0.2) is 60.7 Å². The Bertz CT molecular complexity index is 718. The molecular formula is C28H38O. The average Bonchev–Trinajstić information content (AvgIpc) is 2.78. The molecule has 0 bridgehead atoms. The van der Waals surface area contributed by atoms with Crippen molar-refractivity contribution < 1.29 is 4.74 Å². The number of unbranched alkanes of at least 4 members (excludes halogenated alkanes) is 2. The summed E-state index contributed by atoms with van der Waals surface area (Å²) in [4.78, 5) is 0. The van der Waals surface area contributed by atoms with Gasteiger partial charge in [0.25, 0.3) is 0 Å². The third-order valence-corrected chi connectivity index (χ3v) is 6.22. The van der Waals surface area contributed by atoms with Crippen LogP contribution in [0, 0.1) is 5.92 Å². The quantitative estimate of drug-likeness (QED) is 0.293. The maximum atomic E-state index is 5.72. The standard InChI is InChI=1S/C28H38O/c1-3-5-7-8-23-9-13-25(14-10-23)27-17-19-28(20-18-27)26-15-11-24(12-16-26)22-29-21-6-4-2/h7-8,11-12,15-20,23,25H,3-6,9-10,13-14,21-22H2,1-2H3. The lowest BCUT2D eigenvalue weighted by Gasteiger charge is -2.27. The lowest BCUT2D eigenvalue weighted by Crippen LogP contribution is -2.11. The minimum absolute atomic E-state index is 0.718. The third-order valence-electron chi connectivity index (χ3n) is 6.22. The van der Waals surface area contributed by atoms with E-state index in [9.17, 15) is 0 Å². The molecule has 0 unspecified atom stereocenters. The van der Waals surface area contributed by atoms with Gasteiger partial charge in [0.2, 0.25) is 0 Å². The molecule has 29 heavy (non-hydrogen) atoms. The van der Waals surface area contributed by atoms with Gasteiger partial charge in [-0.2, -0.15) is 0 Å². The number of hydrogen-bond donors (Lipinski definition) is 0. The number of ether oxygens (including phenoxy) is 1. The van der Waals surface area contributed by atoms with Crippen LogP contribution in [-0.2, 0) is 11.3 Å². The van der Waals surface area contributed by atoms with Crippen molar-refractivity contribution in [2.45, 2.75) is 77.7 Å². The highest BCUT2D eigenvalue weighted by Crippen LogP contribution is 2.37. The van der Waals surface area contributed by atoms with Gasteiger partial charge in [-0.15, -0.1) is 0 Å². The highest BCUT2D eigenvalue weighted by atomic mass is 16.5. The molecule has 3 rings (SSSR count). The van der Waals surface area contributed by atoms with Crippen molar-refractivity contribution in [2.24, 2.45) is 5.92 Å². The van der Waals surface area contributed by atoms with Crippen molar-refractivity contribution in [3.63, 3.8) is 0 Å². The van der Waals surface area contributed by atoms with Crippen molar-refractivity contribution in [1.82, 2.24) is 0 Å². The molecule has 0 aliphatic heterocycles. The second kappa shape index (κ2) is 12.0. The summed E-state index contributed by atoms with van der Waals surface area (Å²) in [5.74, 6) is 1.55. The zero-order chi connectivity index (χ0) is 20.3. The molecule has 0 radical (unpaired) electrons. The maximum Gasteiger partial charge on any atom is 0.0716 e. The molecule has 1 saturated carbocycles. The lowest BCUT2D eigenvalue weighted by molar-refractivity contribution is 0.118. The Morgan fingerprint density at radius 3 is 2.10 bits per heavy atom. The first kappa shape index (κ1) is 21.8. The molecule has 1 fully saturated rings.